The Hall–Kier alpha value is -1.74. The molecule has 7 heteroatoms. The van der Waals surface area contributed by atoms with Crippen molar-refractivity contribution in [2.75, 3.05) is 7.11 Å². The van der Waals surface area contributed by atoms with Gasteiger partial charge < -0.3 is 4.74 Å². The predicted molar refractivity (Wildman–Crippen MR) is 59.2 cm³/mol. The molecule has 1 aromatic rings. The molecule has 1 aromatic heterocycles. The highest BCUT2D eigenvalue weighted by Crippen LogP contribution is 2.24. The lowest BCUT2D eigenvalue weighted by atomic mass is 10.1. The van der Waals surface area contributed by atoms with E-state index in [1.807, 2.05) is 0 Å². The topological polar surface area (TPSA) is 63.0 Å². The lowest BCUT2D eigenvalue weighted by Crippen LogP contribution is -2.10. The van der Waals surface area contributed by atoms with Gasteiger partial charge in [-0.25, -0.2) is 13.8 Å². The van der Waals surface area contributed by atoms with Crippen molar-refractivity contribution in [1.29, 1.82) is 5.26 Å². The van der Waals surface area contributed by atoms with Crippen molar-refractivity contribution in [3.05, 3.63) is 28.6 Å². The number of carbonyl (C=O) groups excluding carboxylic acids is 1. The number of hydrogen-bond donors (Lipinski definition) is 0. The first-order valence-electron chi connectivity index (χ1n) is 4.87. The monoisotopic (exact) mass is 274 g/mol. The van der Waals surface area contributed by atoms with Crippen molar-refractivity contribution in [3.8, 4) is 6.07 Å². The van der Waals surface area contributed by atoms with Crippen LogP contribution < -0.4 is 0 Å². The highest BCUT2D eigenvalue weighted by atomic mass is 35.5. The largest absolute Gasteiger partial charge is 0.469 e. The smallest absolute Gasteiger partial charge is 0.310 e. The molecule has 0 aliphatic heterocycles. The predicted octanol–water partition coefficient (Wildman–Crippen LogP) is 2.35. The highest BCUT2D eigenvalue weighted by Gasteiger charge is 2.20. The summed E-state index contributed by atoms with van der Waals surface area (Å²) in [5.41, 5.74) is -0.422. The van der Waals surface area contributed by atoms with E-state index in [0.717, 1.165) is 7.11 Å². The Bertz CT molecular complexity index is 501. The Morgan fingerprint density at radius 3 is 2.72 bits per heavy atom. The van der Waals surface area contributed by atoms with Gasteiger partial charge in [-0.2, -0.15) is 5.26 Å². The van der Waals surface area contributed by atoms with Crippen molar-refractivity contribution in [2.45, 2.75) is 18.7 Å². The summed E-state index contributed by atoms with van der Waals surface area (Å²) in [7, 11) is 1.16. The van der Waals surface area contributed by atoms with Crippen LogP contribution in [0, 0.1) is 11.3 Å². The summed E-state index contributed by atoms with van der Waals surface area (Å²) in [6.45, 7) is 0. The third kappa shape index (κ3) is 3.14. The molecule has 1 rings (SSSR count). The van der Waals surface area contributed by atoms with Crippen LogP contribution in [0.25, 0.3) is 0 Å². The van der Waals surface area contributed by atoms with Crippen LogP contribution in [-0.4, -0.2) is 18.1 Å². The minimum Gasteiger partial charge on any atom is -0.469 e. The SMILES string of the molecule is COC(=O)Cc1cc(CCl)c(C#N)nc1C(F)F. The molecular formula is C11H9ClF2N2O2. The van der Waals surface area contributed by atoms with E-state index in [4.69, 9.17) is 16.9 Å². The van der Waals surface area contributed by atoms with Crippen molar-refractivity contribution < 1.29 is 18.3 Å². The van der Waals surface area contributed by atoms with Gasteiger partial charge in [-0.1, -0.05) is 0 Å². The summed E-state index contributed by atoms with van der Waals surface area (Å²) in [5, 5.41) is 8.77. The lowest BCUT2D eigenvalue weighted by molar-refractivity contribution is -0.139. The molecule has 0 aliphatic carbocycles. The fourth-order valence-electron chi connectivity index (χ4n) is 1.37. The van der Waals surface area contributed by atoms with Gasteiger partial charge in [0.05, 0.1) is 19.4 Å². The van der Waals surface area contributed by atoms with Gasteiger partial charge in [0.2, 0.25) is 0 Å². The van der Waals surface area contributed by atoms with E-state index in [2.05, 4.69) is 9.72 Å². The zero-order valence-electron chi connectivity index (χ0n) is 9.41. The van der Waals surface area contributed by atoms with Gasteiger partial charge in [-0.3, -0.25) is 4.79 Å². The van der Waals surface area contributed by atoms with E-state index in [9.17, 15) is 13.6 Å². The molecule has 0 bridgehead atoms. The molecule has 0 unspecified atom stereocenters. The van der Waals surface area contributed by atoms with Crippen LogP contribution in [-0.2, 0) is 21.8 Å². The molecule has 0 atom stereocenters. The van der Waals surface area contributed by atoms with Crippen molar-refractivity contribution >= 4 is 17.6 Å². The second-order valence-electron chi connectivity index (χ2n) is 3.34. The van der Waals surface area contributed by atoms with Gasteiger partial charge in [-0.05, 0) is 11.6 Å². The molecular weight excluding hydrogens is 266 g/mol. The summed E-state index contributed by atoms with van der Waals surface area (Å²) in [6, 6.07) is 2.98. The molecule has 0 saturated carbocycles. The Kier molecular flexibility index (Phi) is 4.98. The number of halogens is 3. The van der Waals surface area contributed by atoms with Crippen LogP contribution in [0.2, 0.25) is 0 Å². The molecule has 0 amide bonds. The third-order valence-corrected chi connectivity index (χ3v) is 2.52. The van der Waals surface area contributed by atoms with E-state index >= 15 is 0 Å². The molecule has 0 radical (unpaired) electrons. The second kappa shape index (κ2) is 6.26. The number of carbonyl (C=O) groups is 1. The number of rotatable bonds is 4. The van der Waals surface area contributed by atoms with Crippen molar-refractivity contribution in [2.24, 2.45) is 0 Å². The Balaban J connectivity index is 3.30. The van der Waals surface area contributed by atoms with Gasteiger partial charge >= 0.3 is 5.97 Å². The maximum Gasteiger partial charge on any atom is 0.310 e. The average molecular weight is 275 g/mol. The first-order chi connectivity index (χ1) is 8.53. The van der Waals surface area contributed by atoms with Crippen molar-refractivity contribution in [3.63, 3.8) is 0 Å². The molecule has 0 fully saturated rings. The standard InChI is InChI=1S/C11H9ClF2N2O2/c1-18-9(17)3-6-2-7(4-12)8(5-15)16-10(6)11(13)14/h2,11H,3-4H2,1H3. The maximum absolute atomic E-state index is 12.8. The fourth-order valence-corrected chi connectivity index (χ4v) is 1.58. The first kappa shape index (κ1) is 14.3. The molecule has 0 N–H and O–H groups in total. The van der Waals surface area contributed by atoms with Crippen LogP contribution in [0.5, 0.6) is 0 Å². The zero-order chi connectivity index (χ0) is 13.7. The Morgan fingerprint density at radius 2 is 2.28 bits per heavy atom. The van der Waals surface area contributed by atoms with Gasteiger partial charge in [0.1, 0.15) is 17.5 Å². The number of hydrogen-bond acceptors (Lipinski definition) is 4. The average Bonchev–Trinajstić information content (AvgIpc) is 2.37. The molecule has 96 valence electrons. The second-order valence-corrected chi connectivity index (χ2v) is 3.61. The quantitative estimate of drug-likeness (QED) is 0.624. The van der Waals surface area contributed by atoms with Crippen LogP contribution >= 0.6 is 11.6 Å². The summed E-state index contributed by atoms with van der Waals surface area (Å²) in [5.74, 6) is -0.711. The molecule has 0 saturated heterocycles. The zero-order valence-corrected chi connectivity index (χ0v) is 10.2. The summed E-state index contributed by atoms with van der Waals surface area (Å²) >= 11 is 5.59. The van der Waals surface area contributed by atoms with Crippen LogP contribution in [0.1, 0.15) is 28.9 Å². The van der Waals surface area contributed by atoms with Crippen LogP contribution in [0.15, 0.2) is 6.07 Å². The van der Waals surface area contributed by atoms with E-state index < -0.39 is 18.1 Å². The van der Waals surface area contributed by atoms with Crippen LogP contribution in [0.4, 0.5) is 8.78 Å². The number of aromatic nitrogens is 1. The lowest BCUT2D eigenvalue weighted by Gasteiger charge is -2.10. The molecule has 18 heavy (non-hydrogen) atoms. The van der Waals surface area contributed by atoms with E-state index in [-0.39, 0.29) is 23.6 Å². The summed E-state index contributed by atoms with van der Waals surface area (Å²) in [4.78, 5) is 14.7. The molecule has 0 aromatic carbocycles. The molecule has 0 spiro atoms. The van der Waals surface area contributed by atoms with Crippen molar-refractivity contribution in [1.82, 2.24) is 4.98 Å². The fraction of sp³-hybridized carbons (Fsp3) is 0.364. The number of esters is 1. The number of alkyl halides is 3. The number of ether oxygens (including phenoxy) is 1. The first-order valence-corrected chi connectivity index (χ1v) is 5.40. The number of methoxy groups -OCH3 is 1. The van der Waals surface area contributed by atoms with E-state index in [1.54, 1.807) is 6.07 Å². The number of pyridine rings is 1. The van der Waals surface area contributed by atoms with E-state index in [0.29, 0.717) is 5.56 Å². The highest BCUT2D eigenvalue weighted by molar-refractivity contribution is 6.17. The minimum absolute atomic E-state index is 0.0199. The van der Waals surface area contributed by atoms with Gasteiger partial charge in [0.25, 0.3) is 6.43 Å². The minimum atomic E-state index is -2.87. The van der Waals surface area contributed by atoms with Crippen LogP contribution in [0.3, 0.4) is 0 Å². The number of nitriles is 1. The van der Waals surface area contributed by atoms with Gasteiger partial charge in [-0.15, -0.1) is 11.6 Å². The molecule has 4 nitrogen and oxygen atoms in total. The normalized spacial score (nSPS) is 10.2. The third-order valence-electron chi connectivity index (χ3n) is 2.23. The van der Waals surface area contributed by atoms with Gasteiger partial charge in [0.15, 0.2) is 0 Å². The maximum atomic E-state index is 12.8. The number of nitrogens with zero attached hydrogens (tertiary/aromatic N) is 2. The Morgan fingerprint density at radius 1 is 1.61 bits per heavy atom. The van der Waals surface area contributed by atoms with Gasteiger partial charge in [0, 0.05) is 5.56 Å². The molecule has 1 heterocycles. The Labute approximate surface area is 107 Å². The molecule has 0 aliphatic rings. The van der Waals surface area contributed by atoms with E-state index in [1.165, 1.54) is 6.07 Å². The summed E-state index contributed by atoms with van der Waals surface area (Å²) in [6.07, 6.45) is -3.21. The summed E-state index contributed by atoms with van der Waals surface area (Å²) < 4.78 is 30.0.